The minimum Gasteiger partial charge on any atom is -0.466 e. The summed E-state index contributed by atoms with van der Waals surface area (Å²) in [5.41, 5.74) is 0. The third-order valence-corrected chi connectivity index (χ3v) is 14.5. The van der Waals surface area contributed by atoms with Crippen molar-refractivity contribution < 1.29 is 24.5 Å². The maximum atomic E-state index is 12.5. The van der Waals surface area contributed by atoms with Crippen molar-refractivity contribution in [2.75, 3.05) is 13.2 Å². The summed E-state index contributed by atoms with van der Waals surface area (Å²) in [6.07, 6.45) is 71.8. The SMILES string of the molecule is CCCCCCCCC/C=C\CCCCCCCC(=O)OCCCCCCCCCCC/C=C\CCCCCCCCCC(=O)NC(CO)C(O)CCCCCCCCCCCCCCCCCC. The number of carbonyl (C=O) groups is 2. The fourth-order valence-corrected chi connectivity index (χ4v) is 9.69. The zero-order chi connectivity index (χ0) is 50.0. The summed E-state index contributed by atoms with van der Waals surface area (Å²) >= 11 is 0. The molecule has 2 atom stereocenters. The smallest absolute Gasteiger partial charge is 0.305 e. The van der Waals surface area contributed by atoms with Crippen molar-refractivity contribution in [3.8, 4) is 0 Å². The van der Waals surface area contributed by atoms with Crippen LogP contribution in [-0.2, 0) is 14.3 Å². The van der Waals surface area contributed by atoms with E-state index in [1.807, 2.05) is 0 Å². The summed E-state index contributed by atoms with van der Waals surface area (Å²) in [6.45, 7) is 4.96. The zero-order valence-corrected chi connectivity index (χ0v) is 46.6. The minimum absolute atomic E-state index is 0.000672. The molecule has 0 aliphatic carbocycles. The molecule has 0 aromatic carbocycles. The number of amides is 1. The molecule has 0 aliphatic rings. The van der Waals surface area contributed by atoms with Crippen LogP contribution in [-0.4, -0.2) is 47.4 Å². The number of unbranched alkanes of at least 4 members (excludes halogenated alkanes) is 43. The number of carbonyl (C=O) groups excluding carboxylic acids is 2. The van der Waals surface area contributed by atoms with Gasteiger partial charge in [-0.3, -0.25) is 9.59 Å². The van der Waals surface area contributed by atoms with Crippen LogP contribution in [0.1, 0.15) is 341 Å². The molecule has 0 radical (unpaired) electrons. The Morgan fingerprint density at radius 1 is 0.391 bits per heavy atom. The van der Waals surface area contributed by atoms with Crippen molar-refractivity contribution in [3.05, 3.63) is 24.3 Å². The Morgan fingerprint density at radius 3 is 1.03 bits per heavy atom. The summed E-state index contributed by atoms with van der Waals surface area (Å²) in [6, 6.07) is -0.548. The monoisotopic (exact) mass is 972 g/mol. The zero-order valence-electron chi connectivity index (χ0n) is 46.6. The Labute approximate surface area is 431 Å². The number of aliphatic hydroxyl groups is 2. The summed E-state index contributed by atoms with van der Waals surface area (Å²) in [5.74, 6) is -0.0423. The van der Waals surface area contributed by atoms with Crippen molar-refractivity contribution in [2.24, 2.45) is 0 Å². The number of hydrogen-bond donors (Lipinski definition) is 3. The van der Waals surface area contributed by atoms with Gasteiger partial charge in [0.25, 0.3) is 0 Å². The van der Waals surface area contributed by atoms with E-state index in [1.54, 1.807) is 0 Å². The van der Waals surface area contributed by atoms with Crippen LogP contribution in [0.25, 0.3) is 0 Å². The standard InChI is InChI=1S/C63H121NO5/c1-3-5-7-9-11-13-15-17-19-27-31-35-39-43-47-51-55-61(66)60(59-65)64-62(67)56-52-48-44-40-36-32-28-25-23-21-22-24-26-30-34-38-42-46-50-54-58-69-63(68)57-53-49-45-41-37-33-29-20-18-16-14-12-10-8-6-4-2/h20-21,23,29,60-61,65-66H,3-19,22,24-28,30-59H2,1-2H3,(H,64,67)/b23-21-,29-20-. The molecular formula is C63H121NO5. The fourth-order valence-electron chi connectivity index (χ4n) is 9.69. The van der Waals surface area contributed by atoms with Gasteiger partial charge in [0.2, 0.25) is 5.91 Å². The fraction of sp³-hybridized carbons (Fsp3) is 0.905. The van der Waals surface area contributed by atoms with Crippen LogP contribution in [0.4, 0.5) is 0 Å². The van der Waals surface area contributed by atoms with Gasteiger partial charge in [0.1, 0.15) is 0 Å². The van der Waals surface area contributed by atoms with Crippen LogP contribution < -0.4 is 5.32 Å². The molecule has 1 amide bonds. The molecule has 2 unspecified atom stereocenters. The van der Waals surface area contributed by atoms with Crippen molar-refractivity contribution >= 4 is 11.9 Å². The third-order valence-electron chi connectivity index (χ3n) is 14.5. The average molecular weight is 973 g/mol. The predicted molar refractivity (Wildman–Crippen MR) is 301 cm³/mol. The third kappa shape index (κ3) is 55.5. The lowest BCUT2D eigenvalue weighted by atomic mass is 10.0. The molecule has 0 fully saturated rings. The predicted octanol–water partition coefficient (Wildman–Crippen LogP) is 19.4. The average Bonchev–Trinajstić information content (AvgIpc) is 3.35. The van der Waals surface area contributed by atoms with E-state index in [4.69, 9.17) is 4.74 Å². The highest BCUT2D eigenvalue weighted by Crippen LogP contribution is 2.17. The minimum atomic E-state index is -0.670. The lowest BCUT2D eigenvalue weighted by Gasteiger charge is -2.22. The summed E-state index contributed by atoms with van der Waals surface area (Å²) in [4.78, 5) is 24.6. The largest absolute Gasteiger partial charge is 0.466 e. The highest BCUT2D eigenvalue weighted by Gasteiger charge is 2.20. The molecule has 0 spiro atoms. The molecule has 0 heterocycles. The van der Waals surface area contributed by atoms with Crippen molar-refractivity contribution in [1.82, 2.24) is 5.32 Å². The van der Waals surface area contributed by atoms with E-state index in [1.165, 1.54) is 263 Å². The van der Waals surface area contributed by atoms with Crippen LogP contribution in [0.3, 0.4) is 0 Å². The summed E-state index contributed by atoms with van der Waals surface area (Å²) in [7, 11) is 0. The molecule has 69 heavy (non-hydrogen) atoms. The Hall–Kier alpha value is -1.66. The molecule has 6 nitrogen and oxygen atoms in total. The van der Waals surface area contributed by atoms with Crippen LogP contribution in [0.5, 0.6) is 0 Å². The topological polar surface area (TPSA) is 95.9 Å². The van der Waals surface area contributed by atoms with Crippen LogP contribution in [0.2, 0.25) is 0 Å². The normalized spacial score (nSPS) is 12.7. The van der Waals surface area contributed by atoms with Gasteiger partial charge in [-0.05, 0) is 77.0 Å². The Balaban J connectivity index is 3.43. The molecule has 0 aromatic rings. The van der Waals surface area contributed by atoms with E-state index < -0.39 is 12.1 Å². The molecule has 0 rings (SSSR count). The maximum absolute atomic E-state index is 12.5. The van der Waals surface area contributed by atoms with E-state index in [2.05, 4.69) is 43.5 Å². The Kier molecular flexibility index (Phi) is 57.5. The molecule has 0 aliphatic heterocycles. The van der Waals surface area contributed by atoms with Crippen LogP contribution in [0, 0.1) is 0 Å². The van der Waals surface area contributed by atoms with Crippen molar-refractivity contribution in [3.63, 3.8) is 0 Å². The van der Waals surface area contributed by atoms with Crippen molar-refractivity contribution in [2.45, 2.75) is 353 Å². The van der Waals surface area contributed by atoms with Crippen LogP contribution >= 0.6 is 0 Å². The summed E-state index contributed by atoms with van der Waals surface area (Å²) in [5, 5.41) is 23.3. The number of allylic oxidation sites excluding steroid dienone is 4. The summed E-state index contributed by atoms with van der Waals surface area (Å²) < 4.78 is 5.48. The molecule has 0 saturated carbocycles. The quantitative estimate of drug-likeness (QED) is 0.0321. The van der Waals surface area contributed by atoms with E-state index in [0.717, 1.165) is 44.9 Å². The van der Waals surface area contributed by atoms with Crippen molar-refractivity contribution in [1.29, 1.82) is 0 Å². The van der Waals surface area contributed by atoms with Gasteiger partial charge in [-0.25, -0.2) is 0 Å². The first-order chi connectivity index (χ1) is 34.0. The molecule has 3 N–H and O–H groups in total. The lowest BCUT2D eigenvalue weighted by Crippen LogP contribution is -2.45. The van der Waals surface area contributed by atoms with Gasteiger partial charge < -0.3 is 20.3 Å². The Bertz CT molecular complexity index is 1080. The number of aliphatic hydroxyl groups excluding tert-OH is 2. The second-order valence-electron chi connectivity index (χ2n) is 21.4. The van der Waals surface area contributed by atoms with Gasteiger partial charge in [0.15, 0.2) is 0 Å². The van der Waals surface area contributed by atoms with Gasteiger partial charge in [-0.15, -0.1) is 0 Å². The number of esters is 1. The number of ether oxygens (including phenoxy) is 1. The number of nitrogens with one attached hydrogen (secondary N) is 1. The number of rotatable bonds is 58. The van der Waals surface area contributed by atoms with E-state index >= 15 is 0 Å². The molecule has 6 heteroatoms. The molecule has 408 valence electrons. The Morgan fingerprint density at radius 2 is 0.681 bits per heavy atom. The molecule has 0 bridgehead atoms. The highest BCUT2D eigenvalue weighted by atomic mass is 16.5. The first kappa shape index (κ1) is 67.3. The first-order valence-electron chi connectivity index (χ1n) is 31.1. The van der Waals surface area contributed by atoms with E-state index in [0.29, 0.717) is 25.9 Å². The molecule has 0 saturated heterocycles. The highest BCUT2D eigenvalue weighted by molar-refractivity contribution is 5.76. The maximum Gasteiger partial charge on any atom is 0.305 e. The van der Waals surface area contributed by atoms with Gasteiger partial charge in [0, 0.05) is 12.8 Å². The molecular weight excluding hydrogens is 851 g/mol. The van der Waals surface area contributed by atoms with Gasteiger partial charge in [-0.1, -0.05) is 276 Å². The second kappa shape index (κ2) is 58.9. The van der Waals surface area contributed by atoms with E-state index in [-0.39, 0.29) is 18.5 Å². The van der Waals surface area contributed by atoms with Gasteiger partial charge in [-0.2, -0.15) is 0 Å². The lowest BCUT2D eigenvalue weighted by molar-refractivity contribution is -0.143. The van der Waals surface area contributed by atoms with Gasteiger partial charge >= 0.3 is 5.97 Å². The van der Waals surface area contributed by atoms with Crippen LogP contribution in [0.15, 0.2) is 24.3 Å². The first-order valence-corrected chi connectivity index (χ1v) is 31.1. The second-order valence-corrected chi connectivity index (χ2v) is 21.4. The molecule has 0 aromatic heterocycles. The number of hydrogen-bond acceptors (Lipinski definition) is 5. The van der Waals surface area contributed by atoms with E-state index in [9.17, 15) is 19.8 Å². The van der Waals surface area contributed by atoms with Gasteiger partial charge in [0.05, 0.1) is 25.4 Å².